The molecule has 1 amide bonds. The fraction of sp³-hybridized carbons (Fsp3) is 0.481. The van der Waals surface area contributed by atoms with E-state index in [0.717, 1.165) is 19.6 Å². The molecule has 1 aromatic heterocycles. The van der Waals surface area contributed by atoms with Gasteiger partial charge in [-0.3, -0.25) is 19.4 Å². The number of pyridine rings is 1. The molecule has 204 valence electrons. The van der Waals surface area contributed by atoms with Gasteiger partial charge in [-0.15, -0.1) is 0 Å². The van der Waals surface area contributed by atoms with Gasteiger partial charge < -0.3 is 14.4 Å². The SMILES string of the molecule is COC(=O)CC[C@H]1CN(c2ccc(N3CCN(C[C@H](C)CC(=O)c4cccnc4Cl)CC3)c(F)c2)C(=O)O1. The van der Waals surface area contributed by atoms with Crippen molar-refractivity contribution < 1.29 is 28.2 Å². The lowest BCUT2D eigenvalue weighted by Crippen LogP contribution is -2.48. The van der Waals surface area contributed by atoms with Crippen molar-refractivity contribution >= 4 is 40.8 Å². The summed E-state index contributed by atoms with van der Waals surface area (Å²) in [5.41, 5.74) is 1.35. The average Bonchev–Trinajstić information content (AvgIpc) is 3.28. The number of Topliss-reactive ketones (excluding diaryl/α,β-unsaturated/α-hetero) is 1. The van der Waals surface area contributed by atoms with Crippen molar-refractivity contribution in [2.75, 3.05) is 56.2 Å². The van der Waals surface area contributed by atoms with Gasteiger partial charge >= 0.3 is 12.1 Å². The molecule has 0 spiro atoms. The topological polar surface area (TPSA) is 92.3 Å². The number of halogens is 2. The first-order valence-corrected chi connectivity index (χ1v) is 13.1. The van der Waals surface area contributed by atoms with E-state index in [1.54, 1.807) is 30.5 Å². The normalized spacial score (nSPS) is 18.8. The lowest BCUT2D eigenvalue weighted by molar-refractivity contribution is -0.141. The van der Waals surface area contributed by atoms with Crippen molar-refractivity contribution in [1.82, 2.24) is 9.88 Å². The number of piperazine rings is 1. The molecule has 4 rings (SSSR count). The molecule has 0 unspecified atom stereocenters. The van der Waals surface area contributed by atoms with Crippen LogP contribution in [-0.4, -0.2) is 80.2 Å². The van der Waals surface area contributed by atoms with Gasteiger partial charge in [0.1, 0.15) is 17.1 Å². The van der Waals surface area contributed by atoms with Gasteiger partial charge in [0.15, 0.2) is 5.78 Å². The van der Waals surface area contributed by atoms with Gasteiger partial charge in [0, 0.05) is 51.8 Å². The number of cyclic esters (lactones) is 1. The maximum absolute atomic E-state index is 15.1. The Kier molecular flexibility index (Phi) is 9.17. The Balaban J connectivity index is 1.27. The third-order valence-corrected chi connectivity index (χ3v) is 7.19. The minimum absolute atomic E-state index is 0.0203. The zero-order valence-corrected chi connectivity index (χ0v) is 22.3. The van der Waals surface area contributed by atoms with Crippen LogP contribution in [0, 0.1) is 11.7 Å². The van der Waals surface area contributed by atoms with Gasteiger partial charge in [-0.1, -0.05) is 18.5 Å². The van der Waals surface area contributed by atoms with Crippen LogP contribution in [0.5, 0.6) is 0 Å². The number of anilines is 2. The highest BCUT2D eigenvalue weighted by molar-refractivity contribution is 6.32. The highest BCUT2D eigenvalue weighted by Gasteiger charge is 2.33. The van der Waals surface area contributed by atoms with E-state index in [4.69, 9.17) is 16.3 Å². The van der Waals surface area contributed by atoms with Gasteiger partial charge in [0.2, 0.25) is 0 Å². The molecule has 1 aromatic carbocycles. The third kappa shape index (κ3) is 6.79. The van der Waals surface area contributed by atoms with Gasteiger partial charge in [-0.25, -0.2) is 14.2 Å². The second kappa shape index (κ2) is 12.5. The Morgan fingerprint density at radius 1 is 1.24 bits per heavy atom. The first kappa shape index (κ1) is 27.8. The zero-order valence-electron chi connectivity index (χ0n) is 21.6. The number of nitrogens with zero attached hydrogens (tertiary/aromatic N) is 4. The summed E-state index contributed by atoms with van der Waals surface area (Å²) >= 11 is 6.05. The molecule has 0 bridgehead atoms. The number of carbonyl (C=O) groups is 3. The molecule has 2 fully saturated rings. The number of benzene rings is 1. The number of rotatable bonds is 10. The second-order valence-corrected chi connectivity index (χ2v) is 10.1. The van der Waals surface area contributed by atoms with Crippen LogP contribution < -0.4 is 9.80 Å². The number of esters is 1. The van der Waals surface area contributed by atoms with Crippen molar-refractivity contribution in [3.8, 4) is 0 Å². The van der Waals surface area contributed by atoms with Crippen molar-refractivity contribution in [2.45, 2.75) is 32.3 Å². The van der Waals surface area contributed by atoms with Crippen LogP contribution in [0.25, 0.3) is 0 Å². The van der Waals surface area contributed by atoms with E-state index in [9.17, 15) is 14.4 Å². The minimum Gasteiger partial charge on any atom is -0.469 e. The summed E-state index contributed by atoms with van der Waals surface area (Å²) in [6.45, 7) is 5.82. The fourth-order valence-corrected chi connectivity index (χ4v) is 5.11. The van der Waals surface area contributed by atoms with Crippen molar-refractivity contribution in [3.05, 3.63) is 53.1 Å². The first-order chi connectivity index (χ1) is 18.2. The van der Waals surface area contributed by atoms with Crippen LogP contribution in [0.4, 0.5) is 20.6 Å². The molecule has 2 aliphatic rings. The maximum Gasteiger partial charge on any atom is 0.414 e. The molecule has 0 radical (unpaired) electrons. The molecule has 38 heavy (non-hydrogen) atoms. The molecule has 0 N–H and O–H groups in total. The molecular weight excluding hydrogens is 515 g/mol. The number of carbonyl (C=O) groups excluding carboxylic acids is 3. The standard InChI is InChI=1S/C27H32ClFN4O5/c1-18(14-24(34)21-4-3-9-30-26(21)28)16-31-10-12-32(13-11-31)23-7-5-19(15-22(23)29)33-17-20(38-27(33)36)6-8-25(35)37-2/h3-5,7,9,15,18,20H,6,8,10-14,16-17H2,1-2H3/t18-,20+/m1/s1. The summed E-state index contributed by atoms with van der Waals surface area (Å²) < 4.78 is 25.1. The molecule has 2 atom stereocenters. The third-order valence-electron chi connectivity index (χ3n) is 6.89. The Bertz CT molecular complexity index is 1170. The molecular formula is C27H32ClFN4O5. The van der Waals surface area contributed by atoms with Gasteiger partial charge in [0.05, 0.1) is 30.6 Å². The minimum atomic E-state index is -0.556. The fourth-order valence-electron chi connectivity index (χ4n) is 4.88. The number of ketones is 1. The van der Waals surface area contributed by atoms with E-state index in [-0.39, 0.29) is 35.8 Å². The zero-order chi connectivity index (χ0) is 27.2. The second-order valence-electron chi connectivity index (χ2n) is 9.73. The van der Waals surface area contributed by atoms with E-state index in [1.165, 1.54) is 18.1 Å². The number of ether oxygens (including phenoxy) is 2. The lowest BCUT2D eigenvalue weighted by Gasteiger charge is -2.37. The predicted molar refractivity (Wildman–Crippen MR) is 141 cm³/mol. The van der Waals surface area contributed by atoms with Crippen molar-refractivity contribution in [2.24, 2.45) is 5.92 Å². The Labute approximate surface area is 226 Å². The van der Waals surface area contributed by atoms with Crippen LogP contribution in [0.15, 0.2) is 36.5 Å². The first-order valence-electron chi connectivity index (χ1n) is 12.7. The number of aromatic nitrogens is 1. The Morgan fingerprint density at radius 3 is 2.68 bits per heavy atom. The largest absolute Gasteiger partial charge is 0.469 e. The van der Waals surface area contributed by atoms with E-state index in [2.05, 4.69) is 14.6 Å². The molecule has 0 aliphatic carbocycles. The number of hydrogen-bond acceptors (Lipinski definition) is 8. The summed E-state index contributed by atoms with van der Waals surface area (Å²) in [6, 6.07) is 8.15. The molecule has 2 aromatic rings. The van der Waals surface area contributed by atoms with Crippen molar-refractivity contribution in [1.29, 1.82) is 0 Å². The van der Waals surface area contributed by atoms with Gasteiger partial charge in [0.25, 0.3) is 0 Å². The summed E-state index contributed by atoms with van der Waals surface area (Å²) in [4.78, 5) is 45.9. The van der Waals surface area contributed by atoms with Gasteiger partial charge in [-0.05, 0) is 42.7 Å². The molecule has 0 saturated carbocycles. The summed E-state index contributed by atoms with van der Waals surface area (Å²) in [7, 11) is 1.31. The highest BCUT2D eigenvalue weighted by Crippen LogP contribution is 2.29. The molecule has 3 heterocycles. The van der Waals surface area contributed by atoms with Crippen LogP contribution >= 0.6 is 11.6 Å². The molecule has 11 heteroatoms. The number of hydrogen-bond donors (Lipinski definition) is 0. The highest BCUT2D eigenvalue weighted by atomic mass is 35.5. The summed E-state index contributed by atoms with van der Waals surface area (Å²) in [6.07, 6.45) is 1.43. The quantitative estimate of drug-likeness (QED) is 0.249. The van der Waals surface area contributed by atoms with Crippen LogP contribution in [0.3, 0.4) is 0 Å². The van der Waals surface area contributed by atoms with Crippen LogP contribution in [-0.2, 0) is 14.3 Å². The summed E-state index contributed by atoms with van der Waals surface area (Å²) in [5.74, 6) is -0.660. The molecule has 9 nitrogen and oxygen atoms in total. The lowest BCUT2D eigenvalue weighted by atomic mass is 10.00. The van der Waals surface area contributed by atoms with Crippen LogP contribution in [0.2, 0.25) is 5.15 Å². The van der Waals surface area contributed by atoms with E-state index in [0.29, 0.717) is 42.9 Å². The van der Waals surface area contributed by atoms with E-state index >= 15 is 4.39 Å². The number of methoxy groups -OCH3 is 1. The smallest absolute Gasteiger partial charge is 0.414 e. The van der Waals surface area contributed by atoms with Crippen LogP contribution in [0.1, 0.15) is 36.5 Å². The van der Waals surface area contributed by atoms with E-state index < -0.39 is 18.0 Å². The van der Waals surface area contributed by atoms with Crippen molar-refractivity contribution in [3.63, 3.8) is 0 Å². The monoisotopic (exact) mass is 546 g/mol. The number of amides is 1. The predicted octanol–water partition coefficient (Wildman–Crippen LogP) is 4.18. The molecule has 2 saturated heterocycles. The Morgan fingerprint density at radius 2 is 2.00 bits per heavy atom. The summed E-state index contributed by atoms with van der Waals surface area (Å²) in [5, 5.41) is 0.228. The molecule has 2 aliphatic heterocycles. The van der Waals surface area contributed by atoms with E-state index in [1.807, 2.05) is 11.8 Å². The average molecular weight is 547 g/mol. The van der Waals surface area contributed by atoms with Gasteiger partial charge in [-0.2, -0.15) is 0 Å². The Hall–Kier alpha value is -3.24. The maximum atomic E-state index is 15.1.